The van der Waals surface area contributed by atoms with Gasteiger partial charge in [-0.3, -0.25) is 0 Å². The Bertz CT molecular complexity index is 551. The van der Waals surface area contributed by atoms with Crippen molar-refractivity contribution in [3.05, 3.63) is 72.8 Å². The van der Waals surface area contributed by atoms with Crippen LogP contribution >= 0.6 is 0 Å². The lowest BCUT2D eigenvalue weighted by Crippen LogP contribution is -2.38. The molecule has 0 fully saturated rings. The molecule has 2 unspecified atom stereocenters. The van der Waals surface area contributed by atoms with E-state index in [0.717, 1.165) is 0 Å². The van der Waals surface area contributed by atoms with Gasteiger partial charge in [0.1, 0.15) is 0 Å². The standard InChI is InChI=1S/C20H24N2/c1-21(17-9-5-3-6-10-17)19-13-15-20(16-14-19)22(2)18-11-7-4-8-12-18/h3-13,15,19-20H,14,16H2,1-2H3. The number of likely N-dealkylation sites (N-methyl/N-ethyl adjacent to an activating group) is 2. The molecule has 2 heteroatoms. The van der Waals surface area contributed by atoms with Crippen molar-refractivity contribution in [1.82, 2.24) is 0 Å². The van der Waals surface area contributed by atoms with Crippen LogP contribution in [-0.4, -0.2) is 26.2 Å². The molecule has 0 saturated heterocycles. The zero-order chi connectivity index (χ0) is 15.4. The van der Waals surface area contributed by atoms with Crippen LogP contribution in [0.2, 0.25) is 0 Å². The molecular formula is C20H24N2. The highest BCUT2D eigenvalue weighted by Crippen LogP contribution is 2.26. The van der Waals surface area contributed by atoms with Crippen LogP contribution in [0, 0.1) is 0 Å². The molecule has 0 spiro atoms. The molecule has 0 radical (unpaired) electrons. The second-order valence-corrected chi connectivity index (χ2v) is 5.99. The molecule has 0 saturated carbocycles. The van der Waals surface area contributed by atoms with Crippen LogP contribution in [0.25, 0.3) is 0 Å². The van der Waals surface area contributed by atoms with E-state index in [1.54, 1.807) is 0 Å². The van der Waals surface area contributed by atoms with Gasteiger partial charge in [0.15, 0.2) is 0 Å². The molecule has 2 atom stereocenters. The summed E-state index contributed by atoms with van der Waals surface area (Å²) in [5.41, 5.74) is 2.57. The van der Waals surface area contributed by atoms with Gasteiger partial charge in [-0.1, -0.05) is 48.6 Å². The minimum atomic E-state index is 0.489. The monoisotopic (exact) mass is 292 g/mol. The SMILES string of the molecule is CN(c1ccccc1)C1C=CC(N(C)c2ccccc2)CC1. The molecule has 22 heavy (non-hydrogen) atoms. The minimum absolute atomic E-state index is 0.489. The fourth-order valence-corrected chi connectivity index (χ4v) is 3.15. The maximum Gasteiger partial charge on any atom is 0.0471 e. The van der Waals surface area contributed by atoms with Crippen molar-refractivity contribution < 1.29 is 0 Å². The van der Waals surface area contributed by atoms with Gasteiger partial charge in [0.25, 0.3) is 0 Å². The molecule has 0 heterocycles. The average Bonchev–Trinajstić information content (AvgIpc) is 2.62. The van der Waals surface area contributed by atoms with Crippen LogP contribution in [0.1, 0.15) is 12.8 Å². The topological polar surface area (TPSA) is 6.48 Å². The van der Waals surface area contributed by atoms with Gasteiger partial charge in [-0.2, -0.15) is 0 Å². The number of hydrogen-bond acceptors (Lipinski definition) is 2. The first-order chi connectivity index (χ1) is 10.8. The van der Waals surface area contributed by atoms with Crippen LogP contribution in [0.15, 0.2) is 72.8 Å². The molecule has 0 N–H and O–H groups in total. The molecule has 1 aliphatic rings. The van der Waals surface area contributed by atoms with E-state index in [0.29, 0.717) is 12.1 Å². The van der Waals surface area contributed by atoms with E-state index in [9.17, 15) is 0 Å². The maximum atomic E-state index is 2.37. The summed E-state index contributed by atoms with van der Waals surface area (Å²) in [5.74, 6) is 0. The number of nitrogens with zero attached hydrogens (tertiary/aromatic N) is 2. The van der Waals surface area contributed by atoms with Crippen molar-refractivity contribution in [1.29, 1.82) is 0 Å². The van der Waals surface area contributed by atoms with Gasteiger partial charge in [-0.25, -0.2) is 0 Å². The van der Waals surface area contributed by atoms with Crippen LogP contribution < -0.4 is 9.80 Å². The highest BCUT2D eigenvalue weighted by molar-refractivity contribution is 5.49. The Morgan fingerprint density at radius 1 is 0.636 bits per heavy atom. The number of benzene rings is 2. The van der Waals surface area contributed by atoms with Gasteiger partial charge >= 0.3 is 0 Å². The lowest BCUT2D eigenvalue weighted by Gasteiger charge is -2.36. The summed E-state index contributed by atoms with van der Waals surface area (Å²) >= 11 is 0. The molecule has 0 aromatic heterocycles. The van der Waals surface area contributed by atoms with Crippen LogP contribution in [-0.2, 0) is 0 Å². The van der Waals surface area contributed by atoms with Gasteiger partial charge in [-0.05, 0) is 37.1 Å². The zero-order valence-corrected chi connectivity index (χ0v) is 13.4. The third-order valence-electron chi connectivity index (χ3n) is 4.64. The fraction of sp³-hybridized carbons (Fsp3) is 0.300. The highest BCUT2D eigenvalue weighted by atomic mass is 15.2. The molecule has 0 aliphatic heterocycles. The van der Waals surface area contributed by atoms with Crippen LogP contribution in [0.5, 0.6) is 0 Å². The summed E-state index contributed by atoms with van der Waals surface area (Å²) < 4.78 is 0. The molecular weight excluding hydrogens is 268 g/mol. The zero-order valence-electron chi connectivity index (χ0n) is 13.4. The lowest BCUT2D eigenvalue weighted by atomic mass is 9.96. The molecule has 2 nitrogen and oxygen atoms in total. The normalized spacial score (nSPS) is 20.6. The van der Waals surface area contributed by atoms with Crippen molar-refractivity contribution in [2.45, 2.75) is 24.9 Å². The Kier molecular flexibility index (Phi) is 4.47. The molecule has 1 aliphatic carbocycles. The molecule has 0 amide bonds. The fourth-order valence-electron chi connectivity index (χ4n) is 3.15. The maximum absolute atomic E-state index is 2.37. The molecule has 2 aromatic rings. The first-order valence-electron chi connectivity index (χ1n) is 8.00. The van der Waals surface area contributed by atoms with E-state index in [1.165, 1.54) is 24.2 Å². The predicted octanol–water partition coefficient (Wildman–Crippen LogP) is 4.35. The van der Waals surface area contributed by atoms with E-state index in [4.69, 9.17) is 0 Å². The summed E-state index contributed by atoms with van der Waals surface area (Å²) in [5, 5.41) is 0. The third-order valence-corrected chi connectivity index (χ3v) is 4.64. The van der Waals surface area contributed by atoms with Crippen molar-refractivity contribution >= 4 is 11.4 Å². The van der Waals surface area contributed by atoms with E-state index in [2.05, 4.69) is 96.7 Å². The van der Waals surface area contributed by atoms with Gasteiger partial charge in [-0.15, -0.1) is 0 Å². The number of anilines is 2. The number of para-hydroxylation sites is 2. The Morgan fingerprint density at radius 2 is 1.00 bits per heavy atom. The Labute approximate surface area is 133 Å². The Balaban J connectivity index is 1.67. The first-order valence-corrected chi connectivity index (χ1v) is 8.00. The van der Waals surface area contributed by atoms with E-state index in [-0.39, 0.29) is 0 Å². The summed E-state index contributed by atoms with van der Waals surface area (Å²) in [7, 11) is 4.37. The number of hydrogen-bond donors (Lipinski definition) is 0. The summed E-state index contributed by atoms with van der Waals surface area (Å²) in [6.45, 7) is 0. The second-order valence-electron chi connectivity index (χ2n) is 5.99. The minimum Gasteiger partial charge on any atom is -0.368 e. The highest BCUT2D eigenvalue weighted by Gasteiger charge is 2.21. The van der Waals surface area contributed by atoms with Crippen LogP contribution in [0.3, 0.4) is 0 Å². The summed E-state index contributed by atoms with van der Waals surface area (Å²) in [4.78, 5) is 4.74. The predicted molar refractivity (Wildman–Crippen MR) is 95.6 cm³/mol. The Hall–Kier alpha value is -2.22. The second kappa shape index (κ2) is 6.69. The van der Waals surface area contributed by atoms with Gasteiger partial charge < -0.3 is 9.80 Å². The van der Waals surface area contributed by atoms with E-state index >= 15 is 0 Å². The average molecular weight is 292 g/mol. The van der Waals surface area contributed by atoms with Gasteiger partial charge in [0.2, 0.25) is 0 Å². The van der Waals surface area contributed by atoms with Crippen LogP contribution in [0.4, 0.5) is 11.4 Å². The van der Waals surface area contributed by atoms with Gasteiger partial charge in [0, 0.05) is 37.6 Å². The largest absolute Gasteiger partial charge is 0.368 e. The molecule has 0 bridgehead atoms. The number of rotatable bonds is 4. The molecule has 114 valence electrons. The molecule has 2 aromatic carbocycles. The lowest BCUT2D eigenvalue weighted by molar-refractivity contribution is 0.556. The van der Waals surface area contributed by atoms with Crippen molar-refractivity contribution in [2.24, 2.45) is 0 Å². The third kappa shape index (κ3) is 3.16. The summed E-state index contributed by atoms with van der Waals surface area (Å²) in [6, 6.07) is 22.2. The van der Waals surface area contributed by atoms with E-state index < -0.39 is 0 Å². The summed E-state index contributed by atoms with van der Waals surface area (Å²) in [6.07, 6.45) is 7.09. The van der Waals surface area contributed by atoms with Crippen molar-refractivity contribution in [3.8, 4) is 0 Å². The molecule has 3 rings (SSSR count). The van der Waals surface area contributed by atoms with E-state index in [1.807, 2.05) is 0 Å². The van der Waals surface area contributed by atoms with Crippen molar-refractivity contribution in [3.63, 3.8) is 0 Å². The first kappa shape index (κ1) is 14.7. The van der Waals surface area contributed by atoms with Gasteiger partial charge in [0.05, 0.1) is 0 Å². The Morgan fingerprint density at radius 3 is 1.32 bits per heavy atom. The quantitative estimate of drug-likeness (QED) is 0.773. The smallest absolute Gasteiger partial charge is 0.0471 e. The van der Waals surface area contributed by atoms with Crippen molar-refractivity contribution in [2.75, 3.05) is 23.9 Å².